The average Bonchev–Trinajstić information content (AvgIpc) is 2.41. The van der Waals surface area contributed by atoms with Gasteiger partial charge in [0.15, 0.2) is 0 Å². The number of ether oxygens (including phenoxy) is 1. The summed E-state index contributed by atoms with van der Waals surface area (Å²) in [7, 11) is 0. The first-order valence-electron chi connectivity index (χ1n) is 6.88. The first kappa shape index (κ1) is 17.1. The van der Waals surface area contributed by atoms with E-state index in [1.807, 2.05) is 6.07 Å². The predicted octanol–water partition coefficient (Wildman–Crippen LogP) is 6.50. The molecule has 0 saturated heterocycles. The van der Waals surface area contributed by atoms with Crippen LogP contribution in [0, 0.1) is 0 Å². The molecule has 1 nitrogen and oxygen atoms in total. The van der Waals surface area contributed by atoms with Gasteiger partial charge in [-0.3, -0.25) is 0 Å². The highest BCUT2D eigenvalue weighted by Gasteiger charge is 2.00. The molecule has 0 bridgehead atoms. The van der Waals surface area contributed by atoms with E-state index in [1.54, 1.807) is 12.1 Å². The third-order valence-electron chi connectivity index (χ3n) is 2.94. The third-order valence-corrected chi connectivity index (χ3v) is 4.24. The fraction of sp³-hybridized carbons (Fsp3) is 0.600. The smallest absolute Gasteiger partial charge is 0.120 e. The van der Waals surface area contributed by atoms with Crippen molar-refractivity contribution in [3.63, 3.8) is 0 Å². The molecule has 0 aliphatic heterocycles. The maximum absolute atomic E-state index is 5.92. The summed E-state index contributed by atoms with van der Waals surface area (Å²) < 4.78 is 5.64. The van der Waals surface area contributed by atoms with E-state index in [0.717, 1.165) is 24.1 Å². The first-order valence-corrected chi connectivity index (χ1v) is 8.75. The molecule has 0 N–H and O–H groups in total. The molecule has 0 aliphatic carbocycles. The second-order valence-corrected chi connectivity index (χ2v) is 6.20. The average molecular weight is 368 g/mol. The molecule has 4 heteroatoms. The molecule has 0 aromatic heterocycles. The number of unbranched alkanes of at least 4 members (excludes halogenated alkanes) is 6. The Morgan fingerprint density at radius 1 is 0.842 bits per heavy atom. The van der Waals surface area contributed by atoms with Crippen LogP contribution in [0.25, 0.3) is 0 Å². The number of benzene rings is 1. The Hall–Kier alpha value is 0.0800. The minimum atomic E-state index is 0.547. The highest BCUT2D eigenvalue weighted by atomic mass is 79.9. The Labute approximate surface area is 134 Å². The lowest BCUT2D eigenvalue weighted by molar-refractivity contribution is 0.304. The summed E-state index contributed by atoms with van der Waals surface area (Å²) in [6.45, 7) is 0.749. The molecule has 0 unspecified atom stereocenters. The van der Waals surface area contributed by atoms with Gasteiger partial charge in [-0.1, -0.05) is 71.2 Å². The Bertz CT molecular complexity index is 358. The lowest BCUT2D eigenvalue weighted by Crippen LogP contribution is -1.97. The molecule has 1 aromatic carbocycles. The number of alkyl halides is 1. The second kappa shape index (κ2) is 10.8. The number of rotatable bonds is 10. The van der Waals surface area contributed by atoms with E-state index >= 15 is 0 Å². The van der Waals surface area contributed by atoms with Gasteiger partial charge in [0.2, 0.25) is 0 Å². The summed E-state index contributed by atoms with van der Waals surface area (Å²) in [5, 5.41) is 2.24. The molecular weight excluding hydrogens is 347 g/mol. The van der Waals surface area contributed by atoms with E-state index < -0.39 is 0 Å². The molecule has 0 radical (unpaired) electrons. The predicted molar refractivity (Wildman–Crippen MR) is 88.1 cm³/mol. The van der Waals surface area contributed by atoms with E-state index in [2.05, 4.69) is 15.9 Å². The monoisotopic (exact) mass is 366 g/mol. The topological polar surface area (TPSA) is 9.23 Å². The number of halogens is 3. The number of hydrogen-bond donors (Lipinski definition) is 0. The van der Waals surface area contributed by atoms with Crippen molar-refractivity contribution < 1.29 is 4.74 Å². The Balaban J connectivity index is 2.00. The molecule has 1 rings (SSSR count). The van der Waals surface area contributed by atoms with E-state index in [-0.39, 0.29) is 0 Å². The maximum atomic E-state index is 5.92. The molecule has 0 atom stereocenters. The Kier molecular flexibility index (Phi) is 9.76. The van der Waals surface area contributed by atoms with Crippen LogP contribution in [0.2, 0.25) is 10.0 Å². The second-order valence-electron chi connectivity index (χ2n) is 4.59. The van der Waals surface area contributed by atoms with Gasteiger partial charge in [-0.05, 0) is 25.0 Å². The lowest BCUT2D eigenvalue weighted by Gasteiger charge is -2.07. The van der Waals surface area contributed by atoms with Gasteiger partial charge in [-0.2, -0.15) is 0 Å². The molecule has 1 aromatic rings. The van der Waals surface area contributed by atoms with Gasteiger partial charge in [-0.15, -0.1) is 0 Å². The summed E-state index contributed by atoms with van der Waals surface area (Å²) in [5.41, 5.74) is 0. The Morgan fingerprint density at radius 3 is 2.11 bits per heavy atom. The molecule has 0 aliphatic rings. The van der Waals surface area contributed by atoms with Gasteiger partial charge in [0.1, 0.15) is 5.75 Å². The van der Waals surface area contributed by atoms with Gasteiger partial charge in [-0.25, -0.2) is 0 Å². The van der Waals surface area contributed by atoms with Crippen molar-refractivity contribution in [2.24, 2.45) is 0 Å². The molecule has 0 saturated carbocycles. The molecular formula is C15H21BrCl2O. The first-order chi connectivity index (χ1) is 9.24. The fourth-order valence-corrected chi connectivity index (χ4v) is 2.52. The summed E-state index contributed by atoms with van der Waals surface area (Å²) in [6, 6.07) is 5.39. The van der Waals surface area contributed by atoms with Crippen molar-refractivity contribution in [3.05, 3.63) is 28.2 Å². The van der Waals surface area contributed by atoms with Crippen LogP contribution in [-0.2, 0) is 0 Å². The minimum Gasteiger partial charge on any atom is -0.494 e. The van der Waals surface area contributed by atoms with Gasteiger partial charge in [0.05, 0.1) is 16.7 Å². The van der Waals surface area contributed by atoms with Crippen molar-refractivity contribution in [1.82, 2.24) is 0 Å². The highest BCUT2D eigenvalue weighted by molar-refractivity contribution is 9.09. The van der Waals surface area contributed by atoms with E-state index in [1.165, 1.54) is 38.5 Å². The number of hydrogen-bond acceptors (Lipinski definition) is 1. The molecule has 0 spiro atoms. The van der Waals surface area contributed by atoms with Crippen LogP contribution in [0.1, 0.15) is 44.9 Å². The van der Waals surface area contributed by atoms with Crippen molar-refractivity contribution in [2.75, 3.05) is 11.9 Å². The zero-order valence-electron chi connectivity index (χ0n) is 11.1. The van der Waals surface area contributed by atoms with Crippen LogP contribution in [0.15, 0.2) is 18.2 Å². The summed E-state index contributed by atoms with van der Waals surface area (Å²) in [6.07, 6.45) is 8.94. The largest absolute Gasteiger partial charge is 0.494 e. The molecule has 108 valence electrons. The lowest BCUT2D eigenvalue weighted by atomic mass is 10.1. The van der Waals surface area contributed by atoms with Gasteiger partial charge in [0, 0.05) is 11.4 Å². The normalized spacial score (nSPS) is 10.7. The zero-order valence-corrected chi connectivity index (χ0v) is 14.2. The Morgan fingerprint density at radius 2 is 1.47 bits per heavy atom. The van der Waals surface area contributed by atoms with Crippen molar-refractivity contribution >= 4 is 39.1 Å². The van der Waals surface area contributed by atoms with E-state index in [4.69, 9.17) is 27.9 Å². The molecule has 19 heavy (non-hydrogen) atoms. The maximum Gasteiger partial charge on any atom is 0.120 e. The van der Waals surface area contributed by atoms with Crippen LogP contribution in [0.3, 0.4) is 0 Å². The van der Waals surface area contributed by atoms with Crippen LogP contribution < -0.4 is 4.74 Å². The van der Waals surface area contributed by atoms with Crippen molar-refractivity contribution in [3.8, 4) is 5.75 Å². The van der Waals surface area contributed by atoms with Gasteiger partial charge in [0.25, 0.3) is 0 Å². The summed E-state index contributed by atoms with van der Waals surface area (Å²) in [5.74, 6) is 0.798. The highest BCUT2D eigenvalue weighted by Crippen LogP contribution is 2.26. The van der Waals surface area contributed by atoms with E-state index in [0.29, 0.717) is 10.0 Å². The van der Waals surface area contributed by atoms with Crippen molar-refractivity contribution in [1.29, 1.82) is 0 Å². The summed E-state index contributed by atoms with van der Waals surface area (Å²) in [4.78, 5) is 0. The molecule has 0 heterocycles. The van der Waals surface area contributed by atoms with Crippen LogP contribution in [-0.4, -0.2) is 11.9 Å². The fourth-order valence-electron chi connectivity index (χ4n) is 1.84. The van der Waals surface area contributed by atoms with Gasteiger partial charge < -0.3 is 4.74 Å². The van der Waals surface area contributed by atoms with Crippen LogP contribution >= 0.6 is 39.1 Å². The minimum absolute atomic E-state index is 0.547. The van der Waals surface area contributed by atoms with E-state index in [9.17, 15) is 0 Å². The standard InChI is InChI=1S/C15H21BrCl2O/c16-10-6-4-2-1-3-5-7-11-19-13-8-9-14(17)15(18)12-13/h8-9,12H,1-7,10-11H2. The third kappa shape index (κ3) is 8.06. The SMILES string of the molecule is Clc1ccc(OCCCCCCCCCBr)cc1Cl. The quantitative estimate of drug-likeness (QED) is 0.338. The molecule has 0 fully saturated rings. The van der Waals surface area contributed by atoms with Gasteiger partial charge >= 0.3 is 0 Å². The zero-order chi connectivity index (χ0) is 13.9. The van der Waals surface area contributed by atoms with Crippen LogP contribution in [0.4, 0.5) is 0 Å². The summed E-state index contributed by atoms with van der Waals surface area (Å²) >= 11 is 15.2. The molecule has 0 amide bonds. The van der Waals surface area contributed by atoms with Crippen LogP contribution in [0.5, 0.6) is 5.75 Å². The van der Waals surface area contributed by atoms with Crippen molar-refractivity contribution in [2.45, 2.75) is 44.9 Å².